The molecule has 1 unspecified atom stereocenters. The number of amides is 1. The van der Waals surface area contributed by atoms with Gasteiger partial charge in [-0.2, -0.15) is 13.1 Å². The van der Waals surface area contributed by atoms with E-state index in [4.69, 9.17) is 4.42 Å². The summed E-state index contributed by atoms with van der Waals surface area (Å²) >= 11 is 0. The molecule has 0 bridgehead atoms. The first kappa shape index (κ1) is 25.7. The first-order chi connectivity index (χ1) is 15.7. The third-order valence-corrected chi connectivity index (χ3v) is 6.46. The first-order valence-electron chi connectivity index (χ1n) is 11.0. The molecule has 34 heavy (non-hydrogen) atoms. The number of amidine groups is 1. The highest BCUT2D eigenvalue weighted by molar-refractivity contribution is 7.88. The Labute approximate surface area is 200 Å². The number of phenols is 1. The van der Waals surface area contributed by atoms with Crippen molar-refractivity contribution in [2.45, 2.75) is 52.7 Å². The summed E-state index contributed by atoms with van der Waals surface area (Å²) in [6.45, 7) is 10.2. The molecule has 0 saturated carbocycles. The van der Waals surface area contributed by atoms with Gasteiger partial charge in [0.1, 0.15) is 11.9 Å². The van der Waals surface area contributed by atoms with Crippen molar-refractivity contribution >= 4 is 27.6 Å². The van der Waals surface area contributed by atoms with Crippen LogP contribution in [0.1, 0.15) is 68.3 Å². The second kappa shape index (κ2) is 9.40. The van der Waals surface area contributed by atoms with E-state index >= 15 is 0 Å². The van der Waals surface area contributed by atoms with Crippen LogP contribution in [0.15, 0.2) is 39.3 Å². The fraction of sp³-hybridized carbons (Fsp3) is 0.478. The molecule has 186 valence electrons. The zero-order valence-corrected chi connectivity index (χ0v) is 21.3. The van der Waals surface area contributed by atoms with Gasteiger partial charge in [-0.1, -0.05) is 40.7 Å². The van der Waals surface area contributed by atoms with E-state index in [9.17, 15) is 18.3 Å². The third-order valence-electron chi connectivity index (χ3n) is 5.48. The molecule has 1 aliphatic rings. The average Bonchev–Trinajstić information content (AvgIpc) is 3.30. The Morgan fingerprint density at radius 2 is 1.94 bits per heavy atom. The van der Waals surface area contributed by atoms with Gasteiger partial charge >= 0.3 is 10.2 Å². The van der Waals surface area contributed by atoms with Gasteiger partial charge in [0.15, 0.2) is 11.6 Å². The van der Waals surface area contributed by atoms with Gasteiger partial charge < -0.3 is 19.7 Å². The molecule has 0 spiro atoms. The number of benzene rings is 1. The van der Waals surface area contributed by atoms with Crippen LogP contribution in [0.4, 0.5) is 5.69 Å². The van der Waals surface area contributed by atoms with E-state index < -0.39 is 16.4 Å². The normalized spacial score (nSPS) is 18.6. The van der Waals surface area contributed by atoms with E-state index in [0.717, 1.165) is 5.56 Å². The van der Waals surface area contributed by atoms with Crippen molar-refractivity contribution in [1.82, 2.24) is 14.9 Å². The van der Waals surface area contributed by atoms with Crippen LogP contribution >= 0.6 is 0 Å². The molecular weight excluding hydrogens is 458 g/mol. The number of furan rings is 1. The fourth-order valence-corrected chi connectivity index (χ4v) is 4.51. The van der Waals surface area contributed by atoms with Crippen molar-refractivity contribution < 1.29 is 22.7 Å². The molecule has 0 aliphatic carbocycles. The first-order valence-corrected chi connectivity index (χ1v) is 12.4. The Balaban J connectivity index is 1.92. The molecule has 1 aliphatic heterocycles. The minimum absolute atomic E-state index is 0.0367. The Morgan fingerprint density at radius 3 is 2.50 bits per heavy atom. The highest BCUT2D eigenvalue weighted by Crippen LogP contribution is 2.36. The molecule has 2 aromatic rings. The SMILES string of the molecule is CC(C)c1coc([C@H](NC2NS(=O)(=O)N=C2Nc2cccc(C(=O)N(C)C)c2O)C(C)(C)C)c1. The molecule has 0 saturated heterocycles. The smallest absolute Gasteiger partial charge is 0.323 e. The number of phenolic OH excluding ortho intramolecular Hbond substituents is 1. The second-order valence-electron chi connectivity index (χ2n) is 9.93. The van der Waals surface area contributed by atoms with Gasteiger partial charge in [0, 0.05) is 14.1 Å². The number of nitrogens with zero attached hydrogens (tertiary/aromatic N) is 2. The maximum absolute atomic E-state index is 12.4. The summed E-state index contributed by atoms with van der Waals surface area (Å²) < 4.78 is 36.7. The van der Waals surface area contributed by atoms with Gasteiger partial charge in [-0.15, -0.1) is 4.40 Å². The topological polar surface area (TPSA) is 136 Å². The van der Waals surface area contributed by atoms with Crippen LogP contribution in [-0.4, -0.2) is 50.4 Å². The number of hydrogen-bond acceptors (Lipinski definition) is 7. The lowest BCUT2D eigenvalue weighted by Gasteiger charge is -2.32. The quantitative estimate of drug-likeness (QED) is 0.456. The van der Waals surface area contributed by atoms with Crippen molar-refractivity contribution in [3.63, 3.8) is 0 Å². The monoisotopic (exact) mass is 491 g/mol. The molecule has 2 heterocycles. The van der Waals surface area contributed by atoms with Crippen LogP contribution in [0.3, 0.4) is 0 Å². The Hall–Kier alpha value is -2.89. The van der Waals surface area contributed by atoms with Crippen molar-refractivity contribution in [3.05, 3.63) is 47.4 Å². The molecule has 11 heteroatoms. The van der Waals surface area contributed by atoms with E-state index in [-0.39, 0.29) is 46.1 Å². The molecule has 1 aromatic heterocycles. The summed E-state index contributed by atoms with van der Waals surface area (Å²) in [5.74, 6) is 0.299. The lowest BCUT2D eigenvalue weighted by Crippen LogP contribution is -2.51. The highest BCUT2D eigenvalue weighted by Gasteiger charge is 2.38. The van der Waals surface area contributed by atoms with Gasteiger partial charge in [-0.3, -0.25) is 10.1 Å². The maximum Gasteiger partial charge on any atom is 0.323 e. The second-order valence-corrected chi connectivity index (χ2v) is 11.3. The largest absolute Gasteiger partial charge is 0.505 e. The van der Waals surface area contributed by atoms with Crippen LogP contribution in [0, 0.1) is 5.41 Å². The van der Waals surface area contributed by atoms with Crippen molar-refractivity contribution in [3.8, 4) is 5.75 Å². The van der Waals surface area contributed by atoms with Crippen molar-refractivity contribution in [1.29, 1.82) is 0 Å². The number of rotatable bonds is 6. The average molecular weight is 492 g/mol. The summed E-state index contributed by atoms with van der Waals surface area (Å²) in [7, 11) is -0.824. The minimum atomic E-state index is -3.97. The highest BCUT2D eigenvalue weighted by atomic mass is 32.2. The lowest BCUT2D eigenvalue weighted by molar-refractivity contribution is 0.0824. The van der Waals surface area contributed by atoms with E-state index in [1.54, 1.807) is 26.4 Å². The predicted molar refractivity (Wildman–Crippen MR) is 131 cm³/mol. The van der Waals surface area contributed by atoms with E-state index in [0.29, 0.717) is 5.76 Å². The van der Waals surface area contributed by atoms with Crippen LogP contribution in [-0.2, 0) is 10.2 Å². The number of carbonyl (C=O) groups excluding carboxylic acids is 1. The predicted octanol–water partition coefficient (Wildman–Crippen LogP) is 3.17. The van der Waals surface area contributed by atoms with E-state index in [1.165, 1.54) is 17.0 Å². The Bertz CT molecular complexity index is 1190. The number of carbonyl (C=O) groups is 1. The Morgan fingerprint density at radius 1 is 1.26 bits per heavy atom. The summed E-state index contributed by atoms with van der Waals surface area (Å²) in [5.41, 5.74) is 0.936. The fourth-order valence-electron chi connectivity index (χ4n) is 3.57. The third kappa shape index (κ3) is 5.60. The van der Waals surface area contributed by atoms with Crippen LogP contribution in [0.5, 0.6) is 5.75 Å². The molecule has 0 fully saturated rings. The molecule has 0 radical (unpaired) electrons. The molecule has 10 nitrogen and oxygen atoms in total. The Kier molecular flexibility index (Phi) is 7.11. The number of anilines is 1. The molecular formula is C23H33N5O5S. The van der Waals surface area contributed by atoms with Gasteiger partial charge in [-0.25, -0.2) is 0 Å². The summed E-state index contributed by atoms with van der Waals surface area (Å²) in [6.07, 6.45) is 0.784. The zero-order valence-electron chi connectivity index (χ0n) is 20.5. The van der Waals surface area contributed by atoms with E-state index in [2.05, 4.69) is 33.6 Å². The summed E-state index contributed by atoms with van der Waals surface area (Å²) in [5, 5.41) is 16.8. The molecule has 2 atom stereocenters. The van der Waals surface area contributed by atoms with Gasteiger partial charge in [0.05, 0.1) is 23.6 Å². The number of hydrogen-bond donors (Lipinski definition) is 4. The molecule has 1 aromatic carbocycles. The van der Waals surface area contributed by atoms with Crippen molar-refractivity contribution in [2.24, 2.45) is 9.81 Å². The lowest BCUT2D eigenvalue weighted by atomic mass is 9.84. The van der Waals surface area contributed by atoms with Gasteiger partial charge in [0.2, 0.25) is 0 Å². The van der Waals surface area contributed by atoms with Gasteiger partial charge in [-0.05, 0) is 35.1 Å². The molecule has 1 amide bonds. The number of nitrogens with one attached hydrogen (secondary N) is 3. The van der Waals surface area contributed by atoms with Crippen LogP contribution in [0.2, 0.25) is 0 Å². The number of para-hydroxylation sites is 1. The summed E-state index contributed by atoms with van der Waals surface area (Å²) in [4.78, 5) is 13.7. The minimum Gasteiger partial charge on any atom is -0.505 e. The van der Waals surface area contributed by atoms with Crippen LogP contribution in [0.25, 0.3) is 0 Å². The standard InChI is InChI=1S/C23H33N5O5S/c1-13(2)14-11-17(33-12-14)19(23(3,4)5)25-21-20(26-34(31,32)27-21)24-16-10-8-9-15(18(16)29)22(30)28(6)7/h8-13,19,21,25,27,29H,1-7H3,(H,24,26)/t19-,21?/m0/s1. The van der Waals surface area contributed by atoms with Crippen LogP contribution < -0.4 is 15.4 Å². The zero-order chi connectivity index (χ0) is 25.4. The molecule has 4 N–H and O–H groups in total. The summed E-state index contributed by atoms with van der Waals surface area (Å²) in [6, 6.07) is 6.21. The molecule has 3 rings (SSSR count). The number of aromatic hydroxyl groups is 1. The van der Waals surface area contributed by atoms with Crippen molar-refractivity contribution in [2.75, 3.05) is 19.4 Å². The maximum atomic E-state index is 12.4. The van der Waals surface area contributed by atoms with E-state index in [1.807, 2.05) is 26.8 Å². The van der Waals surface area contributed by atoms with Gasteiger partial charge in [0.25, 0.3) is 5.91 Å².